The molecule has 1 amide bonds. The molecule has 1 fully saturated rings. The Morgan fingerprint density at radius 3 is 3.00 bits per heavy atom. The van der Waals surface area contributed by atoms with Crippen molar-refractivity contribution >= 4 is 5.91 Å². The number of aliphatic hydroxyl groups is 1. The number of nitrogens with one attached hydrogen (secondary N) is 1. The van der Waals surface area contributed by atoms with E-state index in [0.29, 0.717) is 0 Å². The van der Waals surface area contributed by atoms with E-state index in [2.05, 4.69) is 5.32 Å². The van der Waals surface area contributed by atoms with Crippen molar-refractivity contribution in [2.45, 2.75) is 32.3 Å². The lowest BCUT2D eigenvalue weighted by molar-refractivity contribution is -0.122. The first kappa shape index (κ1) is 8.53. The molecular weight excluding hydrogens is 142 g/mol. The molecule has 1 aliphatic rings. The van der Waals surface area contributed by atoms with Gasteiger partial charge in [0.05, 0.1) is 6.10 Å². The van der Waals surface area contributed by atoms with Gasteiger partial charge in [0.2, 0.25) is 5.91 Å². The first-order valence-corrected chi connectivity index (χ1v) is 4.16. The van der Waals surface area contributed by atoms with Crippen LogP contribution in [-0.4, -0.2) is 23.7 Å². The number of amides is 1. The Kier molecular flexibility index (Phi) is 2.88. The third kappa shape index (κ3) is 2.50. The number of carbonyl (C=O) groups is 1. The molecule has 64 valence electrons. The third-order valence-corrected chi connectivity index (χ3v) is 2.10. The normalized spacial score (nSPS) is 26.7. The maximum Gasteiger partial charge on any atom is 0.223 e. The molecule has 0 saturated carbocycles. The lowest BCUT2D eigenvalue weighted by Gasteiger charge is -2.07. The second-order valence-corrected chi connectivity index (χ2v) is 3.20. The number of carbonyl (C=O) groups excluding carboxylic acids is 1. The quantitative estimate of drug-likeness (QED) is 0.618. The van der Waals surface area contributed by atoms with Crippen molar-refractivity contribution in [1.29, 1.82) is 0 Å². The van der Waals surface area contributed by atoms with Gasteiger partial charge in [-0.05, 0) is 26.2 Å². The van der Waals surface area contributed by atoms with Gasteiger partial charge in [-0.3, -0.25) is 4.79 Å². The van der Waals surface area contributed by atoms with Crippen molar-refractivity contribution in [2.24, 2.45) is 5.92 Å². The Morgan fingerprint density at radius 2 is 2.55 bits per heavy atom. The first-order chi connectivity index (χ1) is 5.20. The van der Waals surface area contributed by atoms with Gasteiger partial charge in [0.1, 0.15) is 0 Å². The van der Waals surface area contributed by atoms with Gasteiger partial charge in [0.15, 0.2) is 0 Å². The molecular formula is C8H15NO2. The van der Waals surface area contributed by atoms with E-state index < -0.39 is 0 Å². The molecule has 11 heavy (non-hydrogen) atoms. The zero-order valence-corrected chi connectivity index (χ0v) is 6.84. The van der Waals surface area contributed by atoms with E-state index in [-0.39, 0.29) is 17.9 Å². The molecule has 3 nitrogen and oxygen atoms in total. The Labute approximate surface area is 66.8 Å². The highest BCUT2D eigenvalue weighted by Crippen LogP contribution is 2.16. The van der Waals surface area contributed by atoms with Crippen LogP contribution in [0, 0.1) is 5.92 Å². The number of hydrogen-bond acceptors (Lipinski definition) is 2. The number of aliphatic hydroxyl groups excluding tert-OH is 1. The van der Waals surface area contributed by atoms with Crippen LogP contribution in [0.2, 0.25) is 0 Å². The van der Waals surface area contributed by atoms with E-state index >= 15 is 0 Å². The highest BCUT2D eigenvalue weighted by atomic mass is 16.3. The third-order valence-electron chi connectivity index (χ3n) is 2.10. The van der Waals surface area contributed by atoms with Gasteiger partial charge in [0.25, 0.3) is 0 Å². The van der Waals surface area contributed by atoms with Crippen molar-refractivity contribution in [2.75, 3.05) is 6.54 Å². The van der Waals surface area contributed by atoms with Crippen LogP contribution in [0.3, 0.4) is 0 Å². The maximum absolute atomic E-state index is 11.0. The Morgan fingerprint density at radius 1 is 1.82 bits per heavy atom. The van der Waals surface area contributed by atoms with Gasteiger partial charge < -0.3 is 10.4 Å². The summed E-state index contributed by atoms with van der Waals surface area (Å²) < 4.78 is 0. The molecule has 0 aromatic heterocycles. The molecule has 0 aromatic carbocycles. The van der Waals surface area contributed by atoms with Crippen molar-refractivity contribution < 1.29 is 9.90 Å². The second-order valence-electron chi connectivity index (χ2n) is 3.20. The molecule has 0 spiro atoms. The van der Waals surface area contributed by atoms with Crippen LogP contribution in [0.15, 0.2) is 0 Å². The summed E-state index contributed by atoms with van der Waals surface area (Å²) in [5, 5.41) is 11.7. The van der Waals surface area contributed by atoms with Crippen LogP contribution in [0.5, 0.6) is 0 Å². The van der Waals surface area contributed by atoms with Gasteiger partial charge in [-0.25, -0.2) is 0 Å². The monoisotopic (exact) mass is 157 g/mol. The topological polar surface area (TPSA) is 49.3 Å². The summed E-state index contributed by atoms with van der Waals surface area (Å²) in [6.07, 6.45) is 2.22. The van der Waals surface area contributed by atoms with Crippen molar-refractivity contribution in [3.63, 3.8) is 0 Å². The van der Waals surface area contributed by atoms with E-state index in [1.165, 1.54) is 0 Å². The number of rotatable bonds is 3. The minimum absolute atomic E-state index is 0.157. The SMILES string of the molecule is CC(O)CCC1CCNC1=O. The summed E-state index contributed by atoms with van der Waals surface area (Å²) in [6.45, 7) is 2.57. The summed E-state index contributed by atoms with van der Waals surface area (Å²) in [6, 6.07) is 0. The molecule has 1 saturated heterocycles. The number of hydrogen-bond donors (Lipinski definition) is 2. The molecule has 0 aliphatic carbocycles. The lowest BCUT2D eigenvalue weighted by Crippen LogP contribution is -2.19. The fraction of sp³-hybridized carbons (Fsp3) is 0.875. The fourth-order valence-corrected chi connectivity index (χ4v) is 1.36. The molecule has 0 bridgehead atoms. The zero-order valence-electron chi connectivity index (χ0n) is 6.84. The fourth-order valence-electron chi connectivity index (χ4n) is 1.36. The summed E-state index contributed by atoms with van der Waals surface area (Å²) in [5.74, 6) is 0.315. The molecule has 1 rings (SSSR count). The average molecular weight is 157 g/mol. The average Bonchev–Trinajstić information content (AvgIpc) is 2.31. The van der Waals surface area contributed by atoms with Gasteiger partial charge in [-0.1, -0.05) is 0 Å². The lowest BCUT2D eigenvalue weighted by atomic mass is 10.0. The van der Waals surface area contributed by atoms with Crippen molar-refractivity contribution in [3.05, 3.63) is 0 Å². The summed E-state index contributed by atoms with van der Waals surface area (Å²) in [7, 11) is 0. The molecule has 2 atom stereocenters. The van der Waals surface area contributed by atoms with Crippen LogP contribution in [-0.2, 0) is 4.79 Å². The summed E-state index contributed by atoms with van der Waals surface area (Å²) in [4.78, 5) is 11.0. The highest BCUT2D eigenvalue weighted by molar-refractivity contribution is 5.80. The molecule has 1 aliphatic heterocycles. The highest BCUT2D eigenvalue weighted by Gasteiger charge is 2.23. The van der Waals surface area contributed by atoms with Crippen LogP contribution in [0.25, 0.3) is 0 Å². The molecule has 0 radical (unpaired) electrons. The predicted octanol–water partition coefficient (Wildman–Crippen LogP) is 0.283. The minimum atomic E-state index is -0.275. The van der Waals surface area contributed by atoms with Gasteiger partial charge in [0, 0.05) is 12.5 Å². The van der Waals surface area contributed by atoms with Crippen LogP contribution >= 0.6 is 0 Å². The van der Waals surface area contributed by atoms with E-state index in [1.54, 1.807) is 6.92 Å². The summed E-state index contributed by atoms with van der Waals surface area (Å²) >= 11 is 0. The maximum atomic E-state index is 11.0. The standard InChI is InChI=1S/C8H15NO2/c1-6(10)2-3-7-4-5-9-8(7)11/h6-7,10H,2-5H2,1H3,(H,9,11). The Hall–Kier alpha value is -0.570. The summed E-state index contributed by atoms with van der Waals surface area (Å²) in [5.41, 5.74) is 0. The van der Waals surface area contributed by atoms with Crippen LogP contribution in [0.1, 0.15) is 26.2 Å². The molecule has 2 N–H and O–H groups in total. The Balaban J connectivity index is 2.20. The first-order valence-electron chi connectivity index (χ1n) is 4.16. The molecule has 1 heterocycles. The molecule has 0 aromatic rings. The zero-order chi connectivity index (χ0) is 8.27. The van der Waals surface area contributed by atoms with Crippen LogP contribution in [0.4, 0.5) is 0 Å². The van der Waals surface area contributed by atoms with Gasteiger partial charge >= 0.3 is 0 Å². The predicted molar refractivity (Wildman–Crippen MR) is 42.0 cm³/mol. The van der Waals surface area contributed by atoms with E-state index in [1.807, 2.05) is 0 Å². The Bertz CT molecular complexity index is 145. The smallest absolute Gasteiger partial charge is 0.223 e. The van der Waals surface area contributed by atoms with Gasteiger partial charge in [-0.2, -0.15) is 0 Å². The van der Waals surface area contributed by atoms with E-state index in [4.69, 9.17) is 5.11 Å². The molecule has 2 unspecified atom stereocenters. The van der Waals surface area contributed by atoms with Crippen molar-refractivity contribution in [1.82, 2.24) is 5.32 Å². The van der Waals surface area contributed by atoms with E-state index in [0.717, 1.165) is 25.8 Å². The largest absolute Gasteiger partial charge is 0.393 e. The van der Waals surface area contributed by atoms with Crippen LogP contribution < -0.4 is 5.32 Å². The second kappa shape index (κ2) is 3.72. The molecule has 3 heteroatoms. The minimum Gasteiger partial charge on any atom is -0.393 e. The van der Waals surface area contributed by atoms with E-state index in [9.17, 15) is 4.79 Å². The van der Waals surface area contributed by atoms with Crippen molar-refractivity contribution in [3.8, 4) is 0 Å². The van der Waals surface area contributed by atoms with Gasteiger partial charge in [-0.15, -0.1) is 0 Å².